The molecule has 7 heteroatoms. The predicted octanol–water partition coefficient (Wildman–Crippen LogP) is 3.76. The van der Waals surface area contributed by atoms with E-state index in [-0.39, 0.29) is 0 Å². The Morgan fingerprint density at radius 3 is 2.86 bits per heavy atom. The molecule has 0 spiro atoms. The third-order valence-corrected chi connectivity index (χ3v) is 5.07. The summed E-state index contributed by atoms with van der Waals surface area (Å²) in [6, 6.07) is 16.6. The summed E-state index contributed by atoms with van der Waals surface area (Å²) in [7, 11) is 0. The van der Waals surface area contributed by atoms with Crippen LogP contribution in [0.25, 0.3) is 0 Å². The number of aryl methyl sites for hydroxylation is 1. The van der Waals surface area contributed by atoms with E-state index in [1.165, 1.54) is 11.1 Å². The fourth-order valence-electron chi connectivity index (χ4n) is 3.45. The molecule has 1 atom stereocenters. The second-order valence-electron chi connectivity index (χ2n) is 6.91. The van der Waals surface area contributed by atoms with Crippen LogP contribution in [0.4, 0.5) is 0 Å². The molecule has 0 bridgehead atoms. The van der Waals surface area contributed by atoms with E-state index >= 15 is 0 Å². The van der Waals surface area contributed by atoms with Crippen molar-refractivity contribution in [1.29, 1.82) is 0 Å². The summed E-state index contributed by atoms with van der Waals surface area (Å²) in [5.41, 5.74) is 2.49. The fourth-order valence-corrected chi connectivity index (χ4v) is 3.65. The molecule has 2 heterocycles. The number of hydrogen-bond acceptors (Lipinski definition) is 6. The van der Waals surface area contributed by atoms with Crippen LogP contribution in [-0.4, -0.2) is 34.7 Å². The quantitative estimate of drug-likeness (QED) is 0.682. The van der Waals surface area contributed by atoms with Gasteiger partial charge in [-0.1, -0.05) is 41.0 Å². The van der Waals surface area contributed by atoms with Crippen molar-refractivity contribution in [3.63, 3.8) is 0 Å². The van der Waals surface area contributed by atoms with E-state index in [0.29, 0.717) is 24.4 Å². The first-order chi connectivity index (χ1) is 13.7. The first-order valence-corrected chi connectivity index (χ1v) is 9.76. The molecule has 6 nitrogen and oxygen atoms in total. The molecule has 1 aromatic heterocycles. The number of piperazine rings is 1. The summed E-state index contributed by atoms with van der Waals surface area (Å²) in [6.45, 7) is 5.84. The number of ether oxygens (including phenoxy) is 1. The maximum Gasteiger partial charge on any atom is 0.223 e. The summed E-state index contributed by atoms with van der Waals surface area (Å²) in [5, 5.41) is 8.10. The average molecular weight is 399 g/mol. The first kappa shape index (κ1) is 18.9. The molecule has 1 N–H and O–H groups in total. The zero-order valence-corrected chi connectivity index (χ0v) is 16.5. The summed E-state index contributed by atoms with van der Waals surface area (Å²) in [5.74, 6) is 1.88. The highest BCUT2D eigenvalue weighted by atomic mass is 35.5. The number of halogens is 1. The maximum atomic E-state index is 6.20. The lowest BCUT2D eigenvalue weighted by Gasteiger charge is -2.36. The Morgan fingerprint density at radius 2 is 2.11 bits per heavy atom. The topological polar surface area (TPSA) is 63.4 Å². The molecular weight excluding hydrogens is 376 g/mol. The van der Waals surface area contributed by atoms with Crippen molar-refractivity contribution in [3.05, 3.63) is 76.4 Å². The van der Waals surface area contributed by atoms with Gasteiger partial charge in [0.2, 0.25) is 11.7 Å². The van der Waals surface area contributed by atoms with E-state index in [0.717, 1.165) is 37.0 Å². The Bertz CT molecular complexity index is 913. The number of aromatic nitrogens is 2. The lowest BCUT2D eigenvalue weighted by Crippen LogP contribution is -2.45. The van der Waals surface area contributed by atoms with Gasteiger partial charge in [0.25, 0.3) is 0 Å². The van der Waals surface area contributed by atoms with Gasteiger partial charge in [-0.3, -0.25) is 4.90 Å². The van der Waals surface area contributed by atoms with Gasteiger partial charge in [0, 0.05) is 44.2 Å². The highest BCUT2D eigenvalue weighted by Crippen LogP contribution is 2.26. The van der Waals surface area contributed by atoms with Gasteiger partial charge < -0.3 is 14.6 Å². The number of nitrogens with one attached hydrogen (secondary N) is 1. The summed E-state index contributed by atoms with van der Waals surface area (Å²) in [4.78, 5) is 6.63. The largest absolute Gasteiger partial charge is 0.485 e. The molecule has 1 aliphatic heterocycles. The van der Waals surface area contributed by atoms with Crippen molar-refractivity contribution in [2.45, 2.75) is 26.1 Å². The third-order valence-electron chi connectivity index (χ3n) is 4.83. The Hall–Kier alpha value is -2.41. The Kier molecular flexibility index (Phi) is 5.90. The van der Waals surface area contributed by atoms with Crippen LogP contribution in [0.1, 0.15) is 28.9 Å². The van der Waals surface area contributed by atoms with Crippen LogP contribution >= 0.6 is 11.6 Å². The van der Waals surface area contributed by atoms with Crippen molar-refractivity contribution in [2.75, 3.05) is 19.6 Å². The van der Waals surface area contributed by atoms with Crippen LogP contribution in [0, 0.1) is 6.92 Å². The van der Waals surface area contributed by atoms with Gasteiger partial charge >= 0.3 is 0 Å². The van der Waals surface area contributed by atoms with E-state index in [1.807, 2.05) is 24.3 Å². The molecule has 3 aromatic rings. The van der Waals surface area contributed by atoms with E-state index < -0.39 is 0 Å². The average Bonchev–Trinajstić information content (AvgIpc) is 3.13. The van der Waals surface area contributed by atoms with Crippen LogP contribution in [0.15, 0.2) is 53.1 Å². The van der Waals surface area contributed by atoms with Gasteiger partial charge in [0.05, 0.1) is 0 Å². The van der Waals surface area contributed by atoms with Crippen LogP contribution in [0.2, 0.25) is 5.02 Å². The lowest BCUT2D eigenvalue weighted by molar-refractivity contribution is 0.153. The SMILES string of the molecule is Cc1nc(COc2ccc(CN3CCNCC3c3cccc(Cl)c3)cc2)no1. The van der Waals surface area contributed by atoms with Crippen LogP contribution in [-0.2, 0) is 13.2 Å². The van der Waals surface area contributed by atoms with Gasteiger partial charge in [0.15, 0.2) is 6.61 Å². The minimum Gasteiger partial charge on any atom is -0.485 e. The standard InChI is InChI=1S/C21H23ClN4O2/c1-15-24-21(25-28-15)14-27-19-7-5-16(6-8-19)13-26-10-9-23-12-20(26)17-3-2-4-18(22)11-17/h2-8,11,20,23H,9-10,12-14H2,1H3. The molecule has 28 heavy (non-hydrogen) atoms. The van der Waals surface area contributed by atoms with Crippen molar-refractivity contribution < 1.29 is 9.26 Å². The third kappa shape index (κ3) is 4.70. The number of nitrogens with zero attached hydrogens (tertiary/aromatic N) is 3. The van der Waals surface area contributed by atoms with Crippen LogP contribution in [0.3, 0.4) is 0 Å². The van der Waals surface area contributed by atoms with Crippen molar-refractivity contribution in [2.24, 2.45) is 0 Å². The van der Waals surface area contributed by atoms with Crippen molar-refractivity contribution >= 4 is 11.6 Å². The van der Waals surface area contributed by atoms with Crippen LogP contribution in [0.5, 0.6) is 5.75 Å². The summed E-state index contributed by atoms with van der Waals surface area (Å²) >= 11 is 6.20. The Morgan fingerprint density at radius 1 is 1.25 bits per heavy atom. The molecular formula is C21H23ClN4O2. The monoisotopic (exact) mass is 398 g/mol. The van der Waals surface area contributed by atoms with Gasteiger partial charge in [0.1, 0.15) is 5.75 Å². The summed E-state index contributed by atoms with van der Waals surface area (Å²) in [6.07, 6.45) is 0. The molecule has 1 aliphatic rings. The highest BCUT2D eigenvalue weighted by molar-refractivity contribution is 6.30. The molecule has 0 amide bonds. The lowest BCUT2D eigenvalue weighted by atomic mass is 10.0. The predicted molar refractivity (Wildman–Crippen MR) is 107 cm³/mol. The van der Waals surface area contributed by atoms with E-state index in [4.69, 9.17) is 20.9 Å². The molecule has 1 fully saturated rings. The summed E-state index contributed by atoms with van der Waals surface area (Å²) < 4.78 is 10.7. The number of rotatable bonds is 6. The molecule has 0 radical (unpaired) electrons. The second-order valence-corrected chi connectivity index (χ2v) is 7.34. The molecule has 4 rings (SSSR count). The van der Waals surface area contributed by atoms with Gasteiger partial charge in [-0.2, -0.15) is 4.98 Å². The van der Waals surface area contributed by atoms with Gasteiger partial charge in [-0.15, -0.1) is 0 Å². The molecule has 146 valence electrons. The van der Waals surface area contributed by atoms with E-state index in [9.17, 15) is 0 Å². The second kappa shape index (κ2) is 8.73. The van der Waals surface area contributed by atoms with Gasteiger partial charge in [-0.25, -0.2) is 0 Å². The smallest absolute Gasteiger partial charge is 0.223 e. The number of hydrogen-bond donors (Lipinski definition) is 1. The first-order valence-electron chi connectivity index (χ1n) is 9.38. The van der Waals surface area contributed by atoms with Crippen molar-refractivity contribution in [3.8, 4) is 5.75 Å². The van der Waals surface area contributed by atoms with E-state index in [2.05, 4.69) is 44.6 Å². The Labute approximate surface area is 169 Å². The number of benzene rings is 2. The zero-order valence-electron chi connectivity index (χ0n) is 15.8. The van der Waals surface area contributed by atoms with Crippen LogP contribution < -0.4 is 10.1 Å². The minimum absolute atomic E-state index is 0.297. The minimum atomic E-state index is 0.297. The molecule has 2 aromatic carbocycles. The maximum absolute atomic E-state index is 6.20. The zero-order chi connectivity index (χ0) is 19.3. The Balaban J connectivity index is 1.39. The molecule has 1 saturated heterocycles. The highest BCUT2D eigenvalue weighted by Gasteiger charge is 2.23. The molecule has 0 saturated carbocycles. The molecule has 0 aliphatic carbocycles. The molecule has 1 unspecified atom stereocenters. The fraction of sp³-hybridized carbons (Fsp3) is 0.333. The van der Waals surface area contributed by atoms with Gasteiger partial charge in [-0.05, 0) is 35.4 Å². The van der Waals surface area contributed by atoms with E-state index in [1.54, 1.807) is 6.92 Å². The normalized spacial score (nSPS) is 17.6. The van der Waals surface area contributed by atoms with Crippen molar-refractivity contribution in [1.82, 2.24) is 20.4 Å².